The molecule has 1 aromatic heterocycles. The maximum Gasteiger partial charge on any atom is 0.230 e. The Morgan fingerprint density at radius 1 is 1.24 bits per heavy atom. The lowest BCUT2D eigenvalue weighted by atomic mass is 10.0. The van der Waals surface area contributed by atoms with Gasteiger partial charge in [-0.15, -0.1) is 5.10 Å². The first-order valence-electron chi connectivity index (χ1n) is 8.54. The van der Waals surface area contributed by atoms with Crippen LogP contribution < -0.4 is 5.32 Å². The molecule has 0 spiro atoms. The van der Waals surface area contributed by atoms with E-state index in [4.69, 9.17) is 0 Å². The zero-order chi connectivity index (χ0) is 18.4. The van der Waals surface area contributed by atoms with Crippen LogP contribution in [0.3, 0.4) is 0 Å². The number of amides is 1. The van der Waals surface area contributed by atoms with Crippen LogP contribution in [-0.2, 0) is 16.8 Å². The van der Waals surface area contributed by atoms with Crippen LogP contribution in [0.25, 0.3) is 0 Å². The SMILES string of the molecule is CC(C)c1ccc(CCNC(=O)CSc2nnnn2C(C)(C)C)cc1. The van der Waals surface area contributed by atoms with Crippen LogP contribution in [0, 0.1) is 0 Å². The third kappa shape index (κ3) is 5.85. The molecule has 25 heavy (non-hydrogen) atoms. The molecule has 6 nitrogen and oxygen atoms in total. The van der Waals surface area contributed by atoms with Crippen LogP contribution in [0.1, 0.15) is 51.7 Å². The number of tetrazole rings is 1. The Balaban J connectivity index is 1.75. The van der Waals surface area contributed by atoms with Crippen molar-refractivity contribution in [1.82, 2.24) is 25.5 Å². The molecule has 0 saturated carbocycles. The minimum absolute atomic E-state index is 0.00717. The van der Waals surface area contributed by atoms with Gasteiger partial charge in [0.2, 0.25) is 11.1 Å². The average molecular weight is 362 g/mol. The van der Waals surface area contributed by atoms with Gasteiger partial charge in [-0.1, -0.05) is 49.9 Å². The Bertz CT molecular complexity index is 688. The molecule has 0 aliphatic heterocycles. The predicted molar refractivity (Wildman–Crippen MR) is 101 cm³/mol. The van der Waals surface area contributed by atoms with Crippen LogP contribution in [0.15, 0.2) is 29.4 Å². The zero-order valence-electron chi connectivity index (χ0n) is 15.6. The second kappa shape index (κ2) is 8.47. The molecule has 1 amide bonds. The van der Waals surface area contributed by atoms with Gasteiger partial charge in [-0.25, -0.2) is 4.68 Å². The van der Waals surface area contributed by atoms with E-state index in [-0.39, 0.29) is 11.4 Å². The molecule has 0 atom stereocenters. The van der Waals surface area contributed by atoms with Gasteiger partial charge in [0.15, 0.2) is 0 Å². The summed E-state index contributed by atoms with van der Waals surface area (Å²) in [5, 5.41) is 15.3. The van der Waals surface area contributed by atoms with E-state index in [0.29, 0.717) is 23.4 Å². The van der Waals surface area contributed by atoms with E-state index in [2.05, 4.69) is 59.0 Å². The summed E-state index contributed by atoms with van der Waals surface area (Å²) >= 11 is 1.35. The highest BCUT2D eigenvalue weighted by atomic mass is 32.2. The van der Waals surface area contributed by atoms with Gasteiger partial charge in [0, 0.05) is 6.54 Å². The molecular formula is C18H27N5OS. The molecule has 1 heterocycles. The summed E-state index contributed by atoms with van der Waals surface area (Å²) in [4.78, 5) is 12.0. The van der Waals surface area contributed by atoms with Crippen molar-refractivity contribution in [2.24, 2.45) is 0 Å². The zero-order valence-corrected chi connectivity index (χ0v) is 16.4. The van der Waals surface area contributed by atoms with E-state index in [1.807, 2.05) is 20.8 Å². The highest BCUT2D eigenvalue weighted by Crippen LogP contribution is 2.21. The van der Waals surface area contributed by atoms with E-state index >= 15 is 0 Å². The molecule has 1 aromatic carbocycles. The number of hydrogen-bond donors (Lipinski definition) is 1. The Labute approximate surface area is 153 Å². The molecule has 0 unspecified atom stereocenters. The highest BCUT2D eigenvalue weighted by molar-refractivity contribution is 7.99. The maximum absolute atomic E-state index is 12.0. The molecule has 0 aliphatic carbocycles. The molecule has 136 valence electrons. The second-order valence-electron chi connectivity index (χ2n) is 7.33. The number of nitrogens with zero attached hydrogens (tertiary/aromatic N) is 4. The average Bonchev–Trinajstić information content (AvgIpc) is 3.02. The molecule has 0 radical (unpaired) electrons. The summed E-state index contributed by atoms with van der Waals surface area (Å²) in [6.45, 7) is 11.1. The standard InChI is InChI=1S/C18H27N5OS/c1-13(2)15-8-6-14(7-9-15)10-11-19-16(24)12-25-17-20-21-22-23(17)18(3,4)5/h6-9,13H,10-12H2,1-5H3,(H,19,24). The number of hydrogen-bond acceptors (Lipinski definition) is 5. The summed E-state index contributed by atoms with van der Waals surface area (Å²) in [6.07, 6.45) is 0.828. The molecule has 7 heteroatoms. The van der Waals surface area contributed by atoms with E-state index in [1.165, 1.54) is 22.9 Å². The number of aromatic nitrogens is 4. The number of carbonyl (C=O) groups is 1. The molecule has 2 rings (SSSR count). The van der Waals surface area contributed by atoms with Crippen molar-refractivity contribution < 1.29 is 4.79 Å². The molecule has 1 N–H and O–H groups in total. The van der Waals surface area contributed by atoms with Gasteiger partial charge in [0.25, 0.3) is 0 Å². The minimum atomic E-state index is -0.204. The van der Waals surface area contributed by atoms with Crippen LogP contribution in [0.2, 0.25) is 0 Å². The highest BCUT2D eigenvalue weighted by Gasteiger charge is 2.20. The summed E-state index contributed by atoms with van der Waals surface area (Å²) in [5.41, 5.74) is 2.36. The molecule has 2 aromatic rings. The second-order valence-corrected chi connectivity index (χ2v) is 8.27. The van der Waals surface area contributed by atoms with Crippen LogP contribution >= 0.6 is 11.8 Å². The van der Waals surface area contributed by atoms with Crippen LogP contribution in [-0.4, -0.2) is 38.4 Å². The first-order valence-corrected chi connectivity index (χ1v) is 9.53. The number of thioether (sulfide) groups is 1. The fraction of sp³-hybridized carbons (Fsp3) is 0.556. The number of rotatable bonds is 7. The normalized spacial score (nSPS) is 11.8. The lowest BCUT2D eigenvalue weighted by molar-refractivity contribution is -0.118. The lowest BCUT2D eigenvalue weighted by Crippen LogP contribution is -2.28. The molecule has 0 fully saturated rings. The van der Waals surface area contributed by atoms with Gasteiger partial charge >= 0.3 is 0 Å². The molecule has 0 bridgehead atoms. The Hall–Kier alpha value is -1.89. The predicted octanol–water partition coefficient (Wildman–Crippen LogP) is 3.00. The van der Waals surface area contributed by atoms with Gasteiger partial charge in [-0.3, -0.25) is 4.79 Å². The Kier molecular flexibility index (Phi) is 6.58. The molecule has 0 saturated heterocycles. The fourth-order valence-electron chi connectivity index (χ4n) is 2.29. The number of benzene rings is 1. The monoisotopic (exact) mass is 361 g/mol. The Morgan fingerprint density at radius 2 is 1.92 bits per heavy atom. The quantitative estimate of drug-likeness (QED) is 0.768. The smallest absolute Gasteiger partial charge is 0.230 e. The van der Waals surface area contributed by atoms with Crippen molar-refractivity contribution in [3.8, 4) is 0 Å². The summed E-state index contributed by atoms with van der Waals surface area (Å²) < 4.78 is 1.74. The Morgan fingerprint density at radius 3 is 2.52 bits per heavy atom. The van der Waals surface area contributed by atoms with Crippen molar-refractivity contribution in [1.29, 1.82) is 0 Å². The van der Waals surface area contributed by atoms with Crippen molar-refractivity contribution in [3.05, 3.63) is 35.4 Å². The van der Waals surface area contributed by atoms with Gasteiger partial charge in [0.05, 0.1) is 11.3 Å². The van der Waals surface area contributed by atoms with Crippen LogP contribution in [0.5, 0.6) is 0 Å². The van der Waals surface area contributed by atoms with Crippen LogP contribution in [0.4, 0.5) is 0 Å². The number of nitrogens with one attached hydrogen (secondary N) is 1. The van der Waals surface area contributed by atoms with Gasteiger partial charge in [-0.2, -0.15) is 0 Å². The number of carbonyl (C=O) groups excluding carboxylic acids is 1. The van der Waals surface area contributed by atoms with Crippen molar-refractivity contribution in [2.75, 3.05) is 12.3 Å². The largest absolute Gasteiger partial charge is 0.355 e. The molecule has 0 aliphatic rings. The first-order chi connectivity index (χ1) is 11.8. The topological polar surface area (TPSA) is 72.7 Å². The van der Waals surface area contributed by atoms with E-state index in [0.717, 1.165) is 6.42 Å². The van der Waals surface area contributed by atoms with Crippen molar-refractivity contribution >= 4 is 17.7 Å². The van der Waals surface area contributed by atoms with Gasteiger partial charge in [0.1, 0.15) is 0 Å². The van der Waals surface area contributed by atoms with Crippen molar-refractivity contribution in [2.45, 2.75) is 57.7 Å². The van der Waals surface area contributed by atoms with E-state index in [9.17, 15) is 4.79 Å². The van der Waals surface area contributed by atoms with E-state index in [1.54, 1.807) is 4.68 Å². The lowest BCUT2D eigenvalue weighted by Gasteiger charge is -2.19. The van der Waals surface area contributed by atoms with Gasteiger partial charge in [-0.05, 0) is 54.7 Å². The summed E-state index contributed by atoms with van der Waals surface area (Å²) in [6, 6.07) is 8.58. The van der Waals surface area contributed by atoms with Gasteiger partial charge < -0.3 is 5.32 Å². The van der Waals surface area contributed by atoms with E-state index < -0.39 is 0 Å². The van der Waals surface area contributed by atoms with Crippen molar-refractivity contribution in [3.63, 3.8) is 0 Å². The molecular weight excluding hydrogens is 334 g/mol. The third-order valence-electron chi connectivity index (χ3n) is 3.79. The fourth-order valence-corrected chi connectivity index (χ4v) is 3.18. The third-order valence-corrected chi connectivity index (χ3v) is 4.71. The summed E-state index contributed by atoms with van der Waals surface area (Å²) in [5.74, 6) is 0.839. The first kappa shape index (κ1) is 19.4. The maximum atomic E-state index is 12.0. The minimum Gasteiger partial charge on any atom is -0.355 e. The summed E-state index contributed by atoms with van der Waals surface area (Å²) in [7, 11) is 0.